The molecule has 0 spiro atoms. The minimum absolute atomic E-state index is 0.0158. The first-order valence-corrected chi connectivity index (χ1v) is 2.77. The van der Waals surface area contributed by atoms with Gasteiger partial charge in [-0.1, -0.05) is 0 Å². The van der Waals surface area contributed by atoms with Gasteiger partial charge in [-0.25, -0.2) is 0 Å². The SMILES string of the molecule is Nc1cc(O)cc(C=O)c1. The molecule has 52 valence electrons. The maximum atomic E-state index is 10.1. The fourth-order valence-corrected chi connectivity index (χ4v) is 0.727. The number of nitrogens with two attached hydrogens (primary N) is 1. The third-order valence-electron chi connectivity index (χ3n) is 1.10. The summed E-state index contributed by atoms with van der Waals surface area (Å²) in [5.41, 5.74) is 6.09. The van der Waals surface area contributed by atoms with Gasteiger partial charge in [0, 0.05) is 17.3 Å². The van der Waals surface area contributed by atoms with Crippen molar-refractivity contribution >= 4 is 12.0 Å². The van der Waals surface area contributed by atoms with Crippen molar-refractivity contribution in [2.75, 3.05) is 5.73 Å². The van der Waals surface area contributed by atoms with E-state index in [0.29, 0.717) is 17.5 Å². The standard InChI is InChI=1S/C7H7NO2/c8-6-1-5(4-9)2-7(10)3-6/h1-4,10H,8H2. The van der Waals surface area contributed by atoms with Gasteiger partial charge in [0.1, 0.15) is 12.0 Å². The lowest BCUT2D eigenvalue weighted by Crippen LogP contribution is -1.86. The zero-order chi connectivity index (χ0) is 7.56. The van der Waals surface area contributed by atoms with Gasteiger partial charge >= 0.3 is 0 Å². The van der Waals surface area contributed by atoms with Crippen molar-refractivity contribution in [3.05, 3.63) is 23.8 Å². The van der Waals surface area contributed by atoms with E-state index >= 15 is 0 Å². The van der Waals surface area contributed by atoms with Crippen molar-refractivity contribution in [3.8, 4) is 5.75 Å². The van der Waals surface area contributed by atoms with E-state index in [1.807, 2.05) is 0 Å². The molecule has 0 unspecified atom stereocenters. The summed E-state index contributed by atoms with van der Waals surface area (Å²) in [6.07, 6.45) is 0.635. The van der Waals surface area contributed by atoms with Crippen molar-refractivity contribution in [1.82, 2.24) is 0 Å². The van der Waals surface area contributed by atoms with E-state index < -0.39 is 0 Å². The van der Waals surface area contributed by atoms with E-state index in [1.54, 1.807) is 0 Å². The van der Waals surface area contributed by atoms with E-state index in [4.69, 9.17) is 10.8 Å². The van der Waals surface area contributed by atoms with Crippen LogP contribution in [0.1, 0.15) is 10.4 Å². The Hall–Kier alpha value is -1.51. The molecule has 1 aromatic rings. The molecule has 0 aliphatic carbocycles. The molecule has 1 aromatic carbocycles. The van der Waals surface area contributed by atoms with E-state index in [-0.39, 0.29) is 5.75 Å². The number of benzene rings is 1. The molecule has 3 N–H and O–H groups in total. The minimum Gasteiger partial charge on any atom is -0.508 e. The van der Waals surface area contributed by atoms with Crippen LogP contribution in [-0.4, -0.2) is 11.4 Å². The van der Waals surface area contributed by atoms with E-state index in [2.05, 4.69) is 0 Å². The van der Waals surface area contributed by atoms with Gasteiger partial charge in [-0.2, -0.15) is 0 Å². The van der Waals surface area contributed by atoms with Gasteiger partial charge in [-0.15, -0.1) is 0 Å². The van der Waals surface area contributed by atoms with Crippen LogP contribution in [-0.2, 0) is 0 Å². The predicted octanol–water partition coefficient (Wildman–Crippen LogP) is 0.787. The number of hydrogen-bond donors (Lipinski definition) is 2. The summed E-state index contributed by atoms with van der Waals surface area (Å²) in [6.45, 7) is 0. The number of anilines is 1. The van der Waals surface area contributed by atoms with Crippen LogP contribution >= 0.6 is 0 Å². The maximum absolute atomic E-state index is 10.1. The Morgan fingerprint density at radius 1 is 1.40 bits per heavy atom. The molecule has 0 saturated carbocycles. The van der Waals surface area contributed by atoms with E-state index in [1.165, 1.54) is 18.2 Å². The second-order valence-electron chi connectivity index (χ2n) is 1.98. The molecule has 0 heterocycles. The quantitative estimate of drug-likeness (QED) is 0.444. The Kier molecular flexibility index (Phi) is 1.58. The molecule has 0 atom stereocenters. The summed E-state index contributed by atoms with van der Waals surface area (Å²) >= 11 is 0. The van der Waals surface area contributed by atoms with Gasteiger partial charge in [0.05, 0.1) is 0 Å². The highest BCUT2D eigenvalue weighted by molar-refractivity contribution is 5.77. The summed E-state index contributed by atoms with van der Waals surface area (Å²) < 4.78 is 0. The van der Waals surface area contributed by atoms with Gasteiger partial charge in [0.15, 0.2) is 0 Å². The average Bonchev–Trinajstić information content (AvgIpc) is 1.85. The zero-order valence-electron chi connectivity index (χ0n) is 5.24. The van der Waals surface area contributed by atoms with Crippen LogP contribution in [0.15, 0.2) is 18.2 Å². The fraction of sp³-hybridized carbons (Fsp3) is 0. The minimum atomic E-state index is 0.0158. The Bertz CT molecular complexity index is 238. The highest BCUT2D eigenvalue weighted by Gasteiger charge is 1.94. The molecule has 3 heteroatoms. The highest BCUT2D eigenvalue weighted by Crippen LogP contribution is 2.15. The first kappa shape index (κ1) is 6.61. The topological polar surface area (TPSA) is 63.3 Å². The number of carbonyl (C=O) groups excluding carboxylic acids is 1. The number of aldehydes is 1. The van der Waals surface area contributed by atoms with Crippen molar-refractivity contribution in [2.24, 2.45) is 0 Å². The van der Waals surface area contributed by atoms with Gasteiger partial charge in [-0.3, -0.25) is 4.79 Å². The van der Waals surface area contributed by atoms with E-state index in [0.717, 1.165) is 0 Å². The number of hydrogen-bond acceptors (Lipinski definition) is 3. The number of rotatable bonds is 1. The predicted molar refractivity (Wildman–Crippen MR) is 37.9 cm³/mol. The molecule has 1 rings (SSSR count). The van der Waals surface area contributed by atoms with Crippen molar-refractivity contribution in [1.29, 1.82) is 0 Å². The largest absolute Gasteiger partial charge is 0.508 e. The molecule has 0 aromatic heterocycles. The third-order valence-corrected chi connectivity index (χ3v) is 1.10. The molecular formula is C7H7NO2. The molecule has 0 aliphatic rings. The lowest BCUT2D eigenvalue weighted by molar-refractivity contribution is 0.112. The molecule has 10 heavy (non-hydrogen) atoms. The number of aromatic hydroxyl groups is 1. The number of phenols is 1. The van der Waals surface area contributed by atoms with Crippen molar-refractivity contribution < 1.29 is 9.90 Å². The number of carbonyl (C=O) groups is 1. The average molecular weight is 137 g/mol. The summed E-state index contributed by atoms with van der Waals surface area (Å²) in [5, 5.41) is 8.89. The van der Waals surface area contributed by atoms with Gasteiger partial charge in [-0.05, 0) is 12.1 Å². The van der Waals surface area contributed by atoms with Crippen LogP contribution in [0, 0.1) is 0 Å². The molecule has 0 radical (unpaired) electrons. The third kappa shape index (κ3) is 1.25. The molecule has 0 amide bonds. The Morgan fingerprint density at radius 3 is 2.60 bits per heavy atom. The lowest BCUT2D eigenvalue weighted by atomic mass is 10.2. The molecule has 0 aliphatic heterocycles. The number of nitrogen functional groups attached to an aromatic ring is 1. The van der Waals surface area contributed by atoms with Gasteiger partial charge in [0.2, 0.25) is 0 Å². The summed E-state index contributed by atoms with van der Waals surface area (Å²) in [6, 6.07) is 4.23. The monoisotopic (exact) mass is 137 g/mol. The van der Waals surface area contributed by atoms with Crippen LogP contribution in [0.4, 0.5) is 5.69 Å². The first-order valence-electron chi connectivity index (χ1n) is 2.77. The van der Waals surface area contributed by atoms with Crippen LogP contribution in [0.25, 0.3) is 0 Å². The second-order valence-corrected chi connectivity index (χ2v) is 1.98. The van der Waals surface area contributed by atoms with Crippen LogP contribution in [0.3, 0.4) is 0 Å². The van der Waals surface area contributed by atoms with Crippen LogP contribution in [0.2, 0.25) is 0 Å². The Labute approximate surface area is 58.1 Å². The Morgan fingerprint density at radius 2 is 2.10 bits per heavy atom. The molecule has 3 nitrogen and oxygen atoms in total. The maximum Gasteiger partial charge on any atom is 0.150 e. The summed E-state index contributed by atoms with van der Waals surface area (Å²) in [7, 11) is 0. The lowest BCUT2D eigenvalue weighted by Gasteiger charge is -1.95. The summed E-state index contributed by atoms with van der Waals surface area (Å²) in [5.74, 6) is 0.0158. The molecule has 0 bridgehead atoms. The molecule has 0 saturated heterocycles. The van der Waals surface area contributed by atoms with Crippen molar-refractivity contribution in [3.63, 3.8) is 0 Å². The number of phenolic OH excluding ortho intramolecular Hbond substituents is 1. The molecule has 0 fully saturated rings. The smallest absolute Gasteiger partial charge is 0.150 e. The highest BCUT2D eigenvalue weighted by atomic mass is 16.3. The van der Waals surface area contributed by atoms with Gasteiger partial charge in [0.25, 0.3) is 0 Å². The summed E-state index contributed by atoms with van der Waals surface area (Å²) in [4.78, 5) is 10.1. The van der Waals surface area contributed by atoms with Gasteiger partial charge < -0.3 is 10.8 Å². The molecular weight excluding hydrogens is 130 g/mol. The first-order chi connectivity index (χ1) is 4.72. The van der Waals surface area contributed by atoms with Crippen LogP contribution in [0.5, 0.6) is 5.75 Å². The fourth-order valence-electron chi connectivity index (χ4n) is 0.727. The van der Waals surface area contributed by atoms with Crippen LogP contribution < -0.4 is 5.73 Å². The van der Waals surface area contributed by atoms with Crippen molar-refractivity contribution in [2.45, 2.75) is 0 Å². The Balaban J connectivity index is 3.18. The normalized spacial score (nSPS) is 9.20. The van der Waals surface area contributed by atoms with E-state index in [9.17, 15) is 4.79 Å². The zero-order valence-corrected chi connectivity index (χ0v) is 5.24. The second kappa shape index (κ2) is 2.39.